The predicted octanol–water partition coefficient (Wildman–Crippen LogP) is 1.10. The summed E-state index contributed by atoms with van der Waals surface area (Å²) < 4.78 is 40.7. The molecule has 1 aromatic rings. The normalized spacial score (nSPS) is 10.9. The summed E-state index contributed by atoms with van der Waals surface area (Å²) in [6.07, 6.45) is -4.47. The smallest absolute Gasteiger partial charge is 0.416 e. The lowest BCUT2D eigenvalue weighted by molar-refractivity contribution is -0.146. The van der Waals surface area contributed by atoms with Crippen molar-refractivity contribution in [3.8, 4) is 5.75 Å². The summed E-state index contributed by atoms with van der Waals surface area (Å²) in [6, 6.07) is 3.29. The number of hydrogen-bond acceptors (Lipinski definition) is 3. The molecule has 0 fully saturated rings. The molecule has 0 atom stereocenters. The second kappa shape index (κ2) is 4.21. The number of carbonyl (C=O) groups is 2. The summed E-state index contributed by atoms with van der Waals surface area (Å²) >= 11 is 0. The van der Waals surface area contributed by atoms with Crippen molar-refractivity contribution in [1.82, 2.24) is 0 Å². The molecule has 0 saturated carbocycles. The molecule has 0 aliphatic heterocycles. The van der Waals surface area contributed by atoms with Gasteiger partial charge in [-0.1, -0.05) is 0 Å². The van der Waals surface area contributed by atoms with E-state index in [0.29, 0.717) is 0 Å². The van der Waals surface area contributed by atoms with Crippen LogP contribution in [0.1, 0.15) is 5.56 Å². The summed E-state index contributed by atoms with van der Waals surface area (Å²) in [5.74, 6) is -2.84. The van der Waals surface area contributed by atoms with Gasteiger partial charge in [-0.25, -0.2) is 4.79 Å². The van der Waals surface area contributed by atoms with Gasteiger partial charge in [-0.05, 0) is 24.3 Å². The number of amides is 1. The van der Waals surface area contributed by atoms with Crippen molar-refractivity contribution in [2.45, 2.75) is 6.18 Å². The third-order valence-corrected chi connectivity index (χ3v) is 1.59. The van der Waals surface area contributed by atoms with Crippen LogP contribution in [0.25, 0.3) is 0 Å². The number of halogens is 3. The first-order chi connectivity index (χ1) is 7.30. The van der Waals surface area contributed by atoms with E-state index in [1.165, 1.54) is 0 Å². The molecular weight excluding hydrogens is 227 g/mol. The number of carbonyl (C=O) groups excluding carboxylic acids is 2. The summed E-state index contributed by atoms with van der Waals surface area (Å²) in [5.41, 5.74) is 3.71. The highest BCUT2D eigenvalue weighted by Gasteiger charge is 2.30. The quantitative estimate of drug-likeness (QED) is 0.448. The zero-order valence-corrected chi connectivity index (χ0v) is 7.75. The van der Waals surface area contributed by atoms with Gasteiger partial charge in [0.05, 0.1) is 5.56 Å². The molecule has 0 aromatic heterocycles. The van der Waals surface area contributed by atoms with Crippen LogP contribution in [0.2, 0.25) is 0 Å². The first-order valence-electron chi connectivity index (χ1n) is 3.99. The van der Waals surface area contributed by atoms with Gasteiger partial charge < -0.3 is 10.5 Å². The molecule has 0 aliphatic carbocycles. The molecule has 0 spiro atoms. The number of hydrogen-bond donors (Lipinski definition) is 1. The van der Waals surface area contributed by atoms with Crippen molar-refractivity contribution >= 4 is 11.9 Å². The fraction of sp³-hybridized carbons (Fsp3) is 0.111. The molecule has 0 unspecified atom stereocenters. The van der Waals surface area contributed by atoms with E-state index in [-0.39, 0.29) is 5.75 Å². The zero-order chi connectivity index (χ0) is 12.3. The molecule has 0 saturated heterocycles. The third kappa shape index (κ3) is 2.97. The van der Waals surface area contributed by atoms with E-state index in [4.69, 9.17) is 0 Å². The highest BCUT2D eigenvalue weighted by atomic mass is 19.4. The molecular formula is C9H6F3NO3. The van der Waals surface area contributed by atoms with Crippen LogP contribution in [0.4, 0.5) is 13.2 Å². The van der Waals surface area contributed by atoms with Crippen LogP contribution in [0, 0.1) is 0 Å². The van der Waals surface area contributed by atoms with Gasteiger partial charge in [-0.15, -0.1) is 0 Å². The maximum absolute atomic E-state index is 12.1. The van der Waals surface area contributed by atoms with Crippen LogP contribution in [0.15, 0.2) is 24.3 Å². The Kier molecular flexibility index (Phi) is 3.17. The Bertz CT molecular complexity index is 411. The van der Waals surface area contributed by atoms with Gasteiger partial charge in [0.15, 0.2) is 0 Å². The van der Waals surface area contributed by atoms with Gasteiger partial charge in [0.2, 0.25) is 0 Å². The maximum Gasteiger partial charge on any atom is 0.416 e. The number of primary amides is 1. The van der Waals surface area contributed by atoms with Crippen LogP contribution < -0.4 is 10.5 Å². The molecule has 1 aromatic carbocycles. The number of rotatable bonds is 1. The number of nitrogens with two attached hydrogens (primary N) is 1. The summed E-state index contributed by atoms with van der Waals surface area (Å²) in [5, 5.41) is 0. The fourth-order valence-corrected chi connectivity index (χ4v) is 0.869. The van der Waals surface area contributed by atoms with E-state index >= 15 is 0 Å². The van der Waals surface area contributed by atoms with Crippen LogP contribution in [0.3, 0.4) is 0 Å². The minimum Gasteiger partial charge on any atom is -0.419 e. The van der Waals surface area contributed by atoms with Gasteiger partial charge in [0.1, 0.15) is 5.75 Å². The Morgan fingerprint density at radius 2 is 1.62 bits per heavy atom. The van der Waals surface area contributed by atoms with Crippen molar-refractivity contribution < 1.29 is 27.5 Å². The van der Waals surface area contributed by atoms with Gasteiger partial charge in [0.25, 0.3) is 0 Å². The number of benzene rings is 1. The van der Waals surface area contributed by atoms with E-state index in [1.807, 2.05) is 0 Å². The second-order valence-electron chi connectivity index (χ2n) is 2.78. The summed E-state index contributed by atoms with van der Waals surface area (Å²) in [7, 11) is 0. The van der Waals surface area contributed by atoms with Crippen LogP contribution in [-0.4, -0.2) is 11.9 Å². The van der Waals surface area contributed by atoms with Crippen LogP contribution in [0.5, 0.6) is 5.75 Å². The Hall–Kier alpha value is -2.05. The summed E-state index contributed by atoms with van der Waals surface area (Å²) in [6.45, 7) is 0. The Morgan fingerprint density at radius 1 is 1.12 bits per heavy atom. The average molecular weight is 233 g/mol. The molecule has 0 bridgehead atoms. The number of ether oxygens (including phenoxy) is 1. The number of alkyl halides is 3. The predicted molar refractivity (Wildman–Crippen MR) is 46.3 cm³/mol. The molecule has 7 heteroatoms. The van der Waals surface area contributed by atoms with Crippen molar-refractivity contribution in [1.29, 1.82) is 0 Å². The Morgan fingerprint density at radius 3 is 2.00 bits per heavy atom. The van der Waals surface area contributed by atoms with E-state index in [9.17, 15) is 22.8 Å². The minimum atomic E-state index is -4.47. The molecule has 1 rings (SSSR count). The van der Waals surface area contributed by atoms with Crippen molar-refractivity contribution in [3.63, 3.8) is 0 Å². The lowest BCUT2D eigenvalue weighted by Crippen LogP contribution is -2.27. The van der Waals surface area contributed by atoms with E-state index in [1.54, 1.807) is 0 Å². The number of esters is 1. The van der Waals surface area contributed by atoms with Gasteiger partial charge >= 0.3 is 18.1 Å². The van der Waals surface area contributed by atoms with E-state index in [2.05, 4.69) is 10.5 Å². The molecule has 0 aliphatic rings. The Balaban J connectivity index is 2.80. The van der Waals surface area contributed by atoms with E-state index in [0.717, 1.165) is 24.3 Å². The van der Waals surface area contributed by atoms with Gasteiger partial charge in [-0.2, -0.15) is 13.2 Å². The van der Waals surface area contributed by atoms with Crippen LogP contribution >= 0.6 is 0 Å². The first kappa shape index (κ1) is 12.0. The summed E-state index contributed by atoms with van der Waals surface area (Å²) in [4.78, 5) is 21.0. The zero-order valence-electron chi connectivity index (χ0n) is 7.75. The molecule has 2 N–H and O–H groups in total. The highest BCUT2D eigenvalue weighted by Crippen LogP contribution is 2.30. The molecule has 16 heavy (non-hydrogen) atoms. The van der Waals surface area contributed by atoms with Gasteiger partial charge in [-0.3, -0.25) is 4.79 Å². The molecule has 1 amide bonds. The van der Waals surface area contributed by atoms with E-state index < -0.39 is 23.6 Å². The first-order valence-corrected chi connectivity index (χ1v) is 3.99. The monoisotopic (exact) mass is 233 g/mol. The highest BCUT2D eigenvalue weighted by molar-refractivity contribution is 6.32. The lowest BCUT2D eigenvalue weighted by Gasteiger charge is -2.07. The van der Waals surface area contributed by atoms with Crippen LogP contribution in [-0.2, 0) is 15.8 Å². The average Bonchev–Trinajstić information content (AvgIpc) is 2.17. The maximum atomic E-state index is 12.1. The lowest BCUT2D eigenvalue weighted by atomic mass is 10.2. The topological polar surface area (TPSA) is 69.4 Å². The van der Waals surface area contributed by atoms with Crippen molar-refractivity contribution in [2.24, 2.45) is 5.73 Å². The standard InChI is InChI=1S/C9H6F3NO3/c10-9(11,12)5-1-3-6(4-2-5)16-8(15)7(13)14/h1-4H,(H2,13,14). The fourth-order valence-electron chi connectivity index (χ4n) is 0.869. The van der Waals surface area contributed by atoms with Gasteiger partial charge in [0, 0.05) is 0 Å². The molecule has 0 heterocycles. The largest absolute Gasteiger partial charge is 0.419 e. The SMILES string of the molecule is NC(=O)C(=O)Oc1ccc(C(F)(F)F)cc1. The molecule has 86 valence electrons. The Labute approximate surface area is 87.8 Å². The third-order valence-electron chi connectivity index (χ3n) is 1.59. The minimum absolute atomic E-state index is 0.184. The molecule has 4 nitrogen and oxygen atoms in total. The van der Waals surface area contributed by atoms with Crippen molar-refractivity contribution in [2.75, 3.05) is 0 Å². The van der Waals surface area contributed by atoms with Crippen molar-refractivity contribution in [3.05, 3.63) is 29.8 Å². The molecule has 0 radical (unpaired) electrons. The second-order valence-corrected chi connectivity index (χ2v) is 2.78.